The van der Waals surface area contributed by atoms with Gasteiger partial charge < -0.3 is 20.1 Å². The summed E-state index contributed by atoms with van der Waals surface area (Å²) >= 11 is 0. The van der Waals surface area contributed by atoms with Crippen molar-refractivity contribution in [1.82, 2.24) is 25.7 Å². The van der Waals surface area contributed by atoms with Crippen molar-refractivity contribution >= 4 is 5.96 Å². The van der Waals surface area contributed by atoms with Gasteiger partial charge in [-0.05, 0) is 30.7 Å². The number of aliphatic imine (C=N–C) groups is 1. The number of benzene rings is 1. The Morgan fingerprint density at radius 1 is 1.25 bits per heavy atom. The topological polar surface area (TPSA) is 86.8 Å². The van der Waals surface area contributed by atoms with Crippen LogP contribution in [-0.2, 0) is 11.3 Å². The molecule has 1 fully saturated rings. The summed E-state index contributed by atoms with van der Waals surface area (Å²) in [5.74, 6) is 1.66. The molecular weight excluding hydrogens is 356 g/mol. The van der Waals surface area contributed by atoms with E-state index in [4.69, 9.17) is 9.47 Å². The average molecular weight is 387 g/mol. The summed E-state index contributed by atoms with van der Waals surface area (Å²) in [6, 6.07) is 10.5. The molecule has 3 N–H and O–H groups in total. The molecule has 0 aliphatic carbocycles. The van der Waals surface area contributed by atoms with E-state index in [1.807, 2.05) is 18.2 Å². The van der Waals surface area contributed by atoms with Crippen molar-refractivity contribution in [1.29, 1.82) is 0 Å². The van der Waals surface area contributed by atoms with Gasteiger partial charge in [-0.2, -0.15) is 5.10 Å². The number of rotatable bonds is 8. The van der Waals surface area contributed by atoms with Crippen LogP contribution in [0.2, 0.25) is 0 Å². The van der Waals surface area contributed by atoms with E-state index in [9.17, 15) is 0 Å². The Labute approximate surface area is 166 Å². The fourth-order valence-corrected chi connectivity index (χ4v) is 3.25. The lowest BCUT2D eigenvalue weighted by Gasteiger charge is -2.35. The normalized spacial score (nSPS) is 16.6. The smallest absolute Gasteiger partial charge is 0.191 e. The fourth-order valence-electron chi connectivity index (χ4n) is 3.25. The molecule has 28 heavy (non-hydrogen) atoms. The molecule has 3 rings (SSSR count). The average Bonchev–Trinajstić information content (AvgIpc) is 3.27. The number of morpholine rings is 1. The van der Waals surface area contributed by atoms with Gasteiger partial charge in [0.2, 0.25) is 0 Å². The van der Waals surface area contributed by atoms with E-state index in [0.717, 1.165) is 56.8 Å². The summed E-state index contributed by atoms with van der Waals surface area (Å²) in [7, 11) is 1.69. The molecule has 2 heterocycles. The summed E-state index contributed by atoms with van der Waals surface area (Å²) in [4.78, 5) is 7.11. The van der Waals surface area contributed by atoms with Crippen LogP contribution in [0.15, 0.2) is 41.5 Å². The molecule has 1 atom stereocenters. The van der Waals surface area contributed by atoms with E-state index in [2.05, 4.69) is 49.8 Å². The molecule has 1 aromatic carbocycles. The molecule has 0 radical (unpaired) electrons. The minimum absolute atomic E-state index is 0.228. The number of aromatic nitrogens is 2. The van der Waals surface area contributed by atoms with Crippen molar-refractivity contribution in [3.8, 4) is 5.75 Å². The molecule has 2 aromatic rings. The lowest BCUT2D eigenvalue weighted by Crippen LogP contribution is -2.46. The third kappa shape index (κ3) is 5.71. The molecule has 8 heteroatoms. The maximum Gasteiger partial charge on any atom is 0.191 e. The van der Waals surface area contributed by atoms with Gasteiger partial charge in [0.05, 0.1) is 38.6 Å². The molecule has 1 aliphatic heterocycles. The Bertz CT molecular complexity index is 711. The molecule has 8 nitrogen and oxygen atoms in total. The van der Waals surface area contributed by atoms with Crippen LogP contribution in [0.3, 0.4) is 0 Å². The van der Waals surface area contributed by atoms with Gasteiger partial charge in [-0.1, -0.05) is 12.1 Å². The SMILES string of the molecule is CCNC(=NCc1ccn[nH]1)NCC(c1ccc(OC)cc1)N1CCOCC1. The molecular formula is C20H30N6O2. The van der Waals surface area contributed by atoms with Crippen molar-refractivity contribution in [2.75, 3.05) is 46.5 Å². The lowest BCUT2D eigenvalue weighted by molar-refractivity contribution is 0.0170. The van der Waals surface area contributed by atoms with Crippen molar-refractivity contribution in [3.05, 3.63) is 47.8 Å². The highest BCUT2D eigenvalue weighted by Crippen LogP contribution is 2.23. The maximum atomic E-state index is 5.54. The second-order valence-electron chi connectivity index (χ2n) is 6.60. The third-order valence-corrected chi connectivity index (χ3v) is 4.76. The highest BCUT2D eigenvalue weighted by atomic mass is 16.5. The van der Waals surface area contributed by atoms with Crippen molar-refractivity contribution in [3.63, 3.8) is 0 Å². The van der Waals surface area contributed by atoms with Crippen LogP contribution in [0, 0.1) is 0 Å². The number of nitrogens with zero attached hydrogens (tertiary/aromatic N) is 3. The lowest BCUT2D eigenvalue weighted by atomic mass is 10.0. The number of ether oxygens (including phenoxy) is 2. The number of H-pyrrole nitrogens is 1. The van der Waals surface area contributed by atoms with Gasteiger partial charge in [-0.25, -0.2) is 4.99 Å². The predicted molar refractivity (Wildman–Crippen MR) is 110 cm³/mol. The number of nitrogens with one attached hydrogen (secondary N) is 3. The summed E-state index contributed by atoms with van der Waals surface area (Å²) in [6.07, 6.45) is 1.74. The first-order valence-electron chi connectivity index (χ1n) is 9.76. The number of methoxy groups -OCH3 is 1. The molecule has 0 amide bonds. The molecule has 152 valence electrons. The Hall–Kier alpha value is -2.58. The Balaban J connectivity index is 1.70. The monoisotopic (exact) mass is 386 g/mol. The molecule has 1 saturated heterocycles. The van der Waals surface area contributed by atoms with E-state index in [1.54, 1.807) is 13.3 Å². The van der Waals surface area contributed by atoms with Crippen LogP contribution >= 0.6 is 0 Å². The van der Waals surface area contributed by atoms with Gasteiger partial charge in [0.1, 0.15) is 5.75 Å². The summed E-state index contributed by atoms with van der Waals surface area (Å²) in [6.45, 7) is 7.54. The van der Waals surface area contributed by atoms with Crippen molar-refractivity contribution < 1.29 is 9.47 Å². The summed E-state index contributed by atoms with van der Waals surface area (Å²) in [5.41, 5.74) is 2.23. The minimum atomic E-state index is 0.228. The Morgan fingerprint density at radius 2 is 2.04 bits per heavy atom. The predicted octanol–water partition coefficient (Wildman–Crippen LogP) is 1.55. The zero-order chi connectivity index (χ0) is 19.6. The molecule has 0 saturated carbocycles. The van der Waals surface area contributed by atoms with E-state index >= 15 is 0 Å². The van der Waals surface area contributed by atoms with Gasteiger partial charge in [-0.3, -0.25) is 10.00 Å². The second kappa shape index (κ2) is 10.7. The first kappa shape index (κ1) is 20.2. The van der Waals surface area contributed by atoms with Crippen LogP contribution in [-0.4, -0.2) is 67.6 Å². The van der Waals surface area contributed by atoms with E-state index in [-0.39, 0.29) is 6.04 Å². The highest BCUT2D eigenvalue weighted by Gasteiger charge is 2.23. The maximum absolute atomic E-state index is 5.54. The van der Waals surface area contributed by atoms with Crippen LogP contribution in [0.5, 0.6) is 5.75 Å². The largest absolute Gasteiger partial charge is 0.497 e. The minimum Gasteiger partial charge on any atom is -0.497 e. The van der Waals surface area contributed by atoms with Gasteiger partial charge in [-0.15, -0.1) is 0 Å². The number of guanidine groups is 1. The first-order chi connectivity index (χ1) is 13.8. The van der Waals surface area contributed by atoms with Gasteiger partial charge in [0.25, 0.3) is 0 Å². The molecule has 1 aliphatic rings. The van der Waals surface area contributed by atoms with E-state index in [1.165, 1.54) is 5.56 Å². The first-order valence-corrected chi connectivity index (χ1v) is 9.76. The Kier molecular flexibility index (Phi) is 7.69. The molecule has 0 bridgehead atoms. The van der Waals surface area contributed by atoms with E-state index < -0.39 is 0 Å². The van der Waals surface area contributed by atoms with Crippen LogP contribution in [0.25, 0.3) is 0 Å². The standard InChI is InChI=1S/C20H30N6O2/c1-3-21-20(22-14-17-8-9-24-25-17)23-15-19(26-10-12-28-13-11-26)16-4-6-18(27-2)7-5-16/h4-9,19H,3,10-15H2,1-2H3,(H,24,25)(H2,21,22,23). The van der Waals surface area contributed by atoms with E-state index in [0.29, 0.717) is 6.54 Å². The van der Waals surface area contributed by atoms with Crippen molar-refractivity contribution in [2.24, 2.45) is 4.99 Å². The Morgan fingerprint density at radius 3 is 2.68 bits per heavy atom. The quantitative estimate of drug-likeness (QED) is 0.471. The number of hydrogen-bond donors (Lipinski definition) is 3. The van der Waals surface area contributed by atoms with Gasteiger partial charge in [0.15, 0.2) is 5.96 Å². The number of aromatic amines is 1. The zero-order valence-electron chi connectivity index (χ0n) is 16.6. The van der Waals surface area contributed by atoms with Gasteiger partial charge in [0, 0.05) is 32.4 Å². The zero-order valence-corrected chi connectivity index (χ0v) is 16.6. The molecule has 1 unspecified atom stereocenters. The number of hydrogen-bond acceptors (Lipinski definition) is 5. The highest BCUT2D eigenvalue weighted by molar-refractivity contribution is 5.79. The van der Waals surface area contributed by atoms with Crippen LogP contribution in [0.1, 0.15) is 24.2 Å². The molecule has 1 aromatic heterocycles. The molecule has 0 spiro atoms. The second-order valence-corrected chi connectivity index (χ2v) is 6.60. The fraction of sp³-hybridized carbons (Fsp3) is 0.500. The van der Waals surface area contributed by atoms with Crippen molar-refractivity contribution in [2.45, 2.75) is 19.5 Å². The van der Waals surface area contributed by atoms with Crippen LogP contribution < -0.4 is 15.4 Å². The van der Waals surface area contributed by atoms with Gasteiger partial charge >= 0.3 is 0 Å². The summed E-state index contributed by atoms with van der Waals surface area (Å²) < 4.78 is 10.8. The summed E-state index contributed by atoms with van der Waals surface area (Å²) in [5, 5.41) is 13.7. The third-order valence-electron chi connectivity index (χ3n) is 4.76. The van der Waals surface area contributed by atoms with Crippen LogP contribution in [0.4, 0.5) is 0 Å².